The molecule has 1 aromatic heterocycles. The van der Waals surface area contributed by atoms with Gasteiger partial charge in [0, 0.05) is 12.3 Å². The van der Waals surface area contributed by atoms with Crippen LogP contribution in [0, 0.1) is 13.8 Å². The lowest BCUT2D eigenvalue weighted by Gasteiger charge is -2.15. The number of benzene rings is 1. The summed E-state index contributed by atoms with van der Waals surface area (Å²) < 4.78 is 10.9. The zero-order chi connectivity index (χ0) is 16.7. The van der Waals surface area contributed by atoms with E-state index in [-0.39, 0.29) is 5.91 Å². The van der Waals surface area contributed by atoms with Crippen LogP contribution in [0.5, 0.6) is 5.75 Å². The SMILES string of the molecule is Cc1ccc(O[C@H](C)C(=O)NCCSCc2ccco2)cc1C. The Kier molecular flexibility index (Phi) is 6.59. The van der Waals surface area contributed by atoms with Crippen LogP contribution in [0.3, 0.4) is 0 Å². The van der Waals surface area contributed by atoms with Gasteiger partial charge in [-0.25, -0.2) is 0 Å². The van der Waals surface area contributed by atoms with E-state index in [0.29, 0.717) is 6.54 Å². The zero-order valence-electron chi connectivity index (χ0n) is 13.8. The highest BCUT2D eigenvalue weighted by Gasteiger charge is 2.14. The third kappa shape index (κ3) is 5.67. The number of thioether (sulfide) groups is 1. The number of carbonyl (C=O) groups is 1. The first-order valence-electron chi connectivity index (χ1n) is 7.68. The fourth-order valence-electron chi connectivity index (χ4n) is 2.00. The molecule has 0 saturated heterocycles. The third-order valence-corrected chi connectivity index (χ3v) is 4.51. The monoisotopic (exact) mass is 333 g/mol. The number of ether oxygens (including phenoxy) is 1. The van der Waals surface area contributed by atoms with Crippen molar-refractivity contribution in [2.45, 2.75) is 32.6 Å². The normalized spacial score (nSPS) is 12.0. The van der Waals surface area contributed by atoms with Crippen LogP contribution in [-0.2, 0) is 10.5 Å². The van der Waals surface area contributed by atoms with E-state index in [1.165, 1.54) is 5.56 Å². The smallest absolute Gasteiger partial charge is 0.260 e. The van der Waals surface area contributed by atoms with E-state index in [2.05, 4.69) is 12.2 Å². The molecule has 1 amide bonds. The maximum atomic E-state index is 12.0. The van der Waals surface area contributed by atoms with E-state index in [9.17, 15) is 4.79 Å². The fraction of sp³-hybridized carbons (Fsp3) is 0.389. The molecule has 0 aliphatic carbocycles. The molecule has 1 aromatic carbocycles. The first-order valence-corrected chi connectivity index (χ1v) is 8.83. The van der Waals surface area contributed by atoms with Crippen molar-refractivity contribution in [2.24, 2.45) is 0 Å². The summed E-state index contributed by atoms with van der Waals surface area (Å²) in [6.07, 6.45) is 1.16. The van der Waals surface area contributed by atoms with Gasteiger partial charge in [0.25, 0.3) is 5.91 Å². The first-order chi connectivity index (χ1) is 11.1. The zero-order valence-corrected chi connectivity index (χ0v) is 14.6. The van der Waals surface area contributed by atoms with Crippen molar-refractivity contribution in [3.8, 4) is 5.75 Å². The molecule has 2 aromatic rings. The van der Waals surface area contributed by atoms with Crippen molar-refractivity contribution in [1.29, 1.82) is 0 Å². The second kappa shape index (κ2) is 8.67. The second-order valence-electron chi connectivity index (χ2n) is 5.43. The lowest BCUT2D eigenvalue weighted by molar-refractivity contribution is -0.127. The summed E-state index contributed by atoms with van der Waals surface area (Å²) in [5, 5.41) is 2.89. The van der Waals surface area contributed by atoms with Crippen molar-refractivity contribution in [1.82, 2.24) is 5.32 Å². The van der Waals surface area contributed by atoms with Crippen molar-refractivity contribution in [3.05, 3.63) is 53.5 Å². The summed E-state index contributed by atoms with van der Waals surface area (Å²) in [6.45, 7) is 6.46. The average molecular weight is 333 g/mol. The number of furan rings is 1. The Morgan fingerprint density at radius 3 is 2.83 bits per heavy atom. The molecule has 0 spiro atoms. The van der Waals surface area contributed by atoms with E-state index in [0.717, 1.165) is 28.6 Å². The Hall–Kier alpha value is -1.88. The van der Waals surface area contributed by atoms with Gasteiger partial charge in [-0.3, -0.25) is 4.79 Å². The Morgan fingerprint density at radius 2 is 2.13 bits per heavy atom. The molecule has 0 saturated carbocycles. The van der Waals surface area contributed by atoms with E-state index in [4.69, 9.17) is 9.15 Å². The summed E-state index contributed by atoms with van der Waals surface area (Å²) in [7, 11) is 0. The topological polar surface area (TPSA) is 51.5 Å². The van der Waals surface area contributed by atoms with E-state index in [1.54, 1.807) is 24.9 Å². The van der Waals surface area contributed by atoms with Gasteiger partial charge in [0.1, 0.15) is 11.5 Å². The van der Waals surface area contributed by atoms with E-state index >= 15 is 0 Å². The molecule has 2 rings (SSSR count). The number of nitrogens with one attached hydrogen (secondary N) is 1. The molecule has 0 aliphatic heterocycles. The molecule has 4 nitrogen and oxygen atoms in total. The van der Waals surface area contributed by atoms with Gasteiger partial charge < -0.3 is 14.5 Å². The number of hydrogen-bond donors (Lipinski definition) is 1. The average Bonchev–Trinajstić information content (AvgIpc) is 3.03. The maximum absolute atomic E-state index is 12.0. The van der Waals surface area contributed by atoms with Gasteiger partial charge in [-0.2, -0.15) is 11.8 Å². The summed E-state index contributed by atoms with van der Waals surface area (Å²) >= 11 is 1.72. The van der Waals surface area contributed by atoms with Gasteiger partial charge in [0.15, 0.2) is 6.10 Å². The van der Waals surface area contributed by atoms with Gasteiger partial charge in [0.2, 0.25) is 0 Å². The van der Waals surface area contributed by atoms with Crippen LogP contribution >= 0.6 is 11.8 Å². The predicted octanol–water partition coefficient (Wildman–Crippen LogP) is 3.71. The summed E-state index contributed by atoms with van der Waals surface area (Å²) in [6, 6.07) is 9.68. The van der Waals surface area contributed by atoms with Crippen LogP contribution in [0.2, 0.25) is 0 Å². The largest absolute Gasteiger partial charge is 0.481 e. The Balaban J connectivity index is 1.67. The highest BCUT2D eigenvalue weighted by atomic mass is 32.2. The number of hydrogen-bond acceptors (Lipinski definition) is 4. The number of rotatable bonds is 8. The first kappa shape index (κ1) is 17.5. The quantitative estimate of drug-likeness (QED) is 0.748. The summed E-state index contributed by atoms with van der Waals surface area (Å²) in [5.74, 6) is 3.23. The molecule has 0 radical (unpaired) electrons. The third-order valence-electron chi connectivity index (χ3n) is 3.53. The molecule has 124 valence electrons. The van der Waals surface area contributed by atoms with Gasteiger partial charge in [-0.15, -0.1) is 0 Å². The molecule has 0 bridgehead atoms. The Morgan fingerprint density at radius 1 is 1.30 bits per heavy atom. The highest BCUT2D eigenvalue weighted by Crippen LogP contribution is 2.17. The van der Waals surface area contributed by atoms with E-state index < -0.39 is 6.10 Å². The highest BCUT2D eigenvalue weighted by molar-refractivity contribution is 7.98. The Bertz CT molecular complexity index is 625. The number of carbonyl (C=O) groups excluding carboxylic acids is 1. The van der Waals surface area contributed by atoms with Gasteiger partial charge in [0.05, 0.1) is 12.0 Å². The number of amides is 1. The van der Waals surface area contributed by atoms with Crippen molar-refractivity contribution < 1.29 is 13.9 Å². The summed E-state index contributed by atoms with van der Waals surface area (Å²) in [5.41, 5.74) is 2.37. The standard InChI is InChI=1S/C18H23NO3S/c1-13-6-7-16(11-14(13)2)22-15(3)18(20)19-8-10-23-12-17-5-4-9-21-17/h4-7,9,11,15H,8,10,12H2,1-3H3,(H,19,20)/t15-/m1/s1. The van der Waals surface area contributed by atoms with Gasteiger partial charge >= 0.3 is 0 Å². The summed E-state index contributed by atoms with van der Waals surface area (Å²) in [4.78, 5) is 12.0. The van der Waals surface area contributed by atoms with Crippen molar-refractivity contribution in [3.63, 3.8) is 0 Å². The lowest BCUT2D eigenvalue weighted by Crippen LogP contribution is -2.37. The molecular weight excluding hydrogens is 310 g/mol. The fourth-order valence-corrected chi connectivity index (χ4v) is 2.76. The Labute approximate surface area is 141 Å². The minimum atomic E-state index is -0.507. The molecule has 0 aliphatic rings. The van der Waals surface area contributed by atoms with Gasteiger partial charge in [-0.1, -0.05) is 6.07 Å². The molecule has 23 heavy (non-hydrogen) atoms. The lowest BCUT2D eigenvalue weighted by atomic mass is 10.1. The number of aryl methyl sites for hydroxylation is 2. The van der Waals surface area contributed by atoms with Crippen LogP contribution in [0.1, 0.15) is 23.8 Å². The van der Waals surface area contributed by atoms with Crippen molar-refractivity contribution in [2.75, 3.05) is 12.3 Å². The molecular formula is C18H23NO3S. The van der Waals surface area contributed by atoms with Gasteiger partial charge in [-0.05, 0) is 56.2 Å². The maximum Gasteiger partial charge on any atom is 0.260 e. The molecule has 5 heteroatoms. The molecule has 1 heterocycles. The van der Waals surface area contributed by atoms with Crippen LogP contribution < -0.4 is 10.1 Å². The van der Waals surface area contributed by atoms with Crippen LogP contribution in [0.25, 0.3) is 0 Å². The predicted molar refractivity (Wildman–Crippen MR) is 93.9 cm³/mol. The van der Waals surface area contributed by atoms with E-state index in [1.807, 2.05) is 37.3 Å². The van der Waals surface area contributed by atoms with Crippen molar-refractivity contribution >= 4 is 17.7 Å². The minimum Gasteiger partial charge on any atom is -0.481 e. The second-order valence-corrected chi connectivity index (χ2v) is 6.53. The van der Waals surface area contributed by atoms with Crippen LogP contribution in [0.15, 0.2) is 41.0 Å². The molecule has 1 atom stereocenters. The van der Waals surface area contributed by atoms with Crippen LogP contribution in [-0.4, -0.2) is 24.3 Å². The minimum absolute atomic E-state index is 0.0955. The molecule has 0 unspecified atom stereocenters. The van der Waals surface area contributed by atoms with Crippen LogP contribution in [0.4, 0.5) is 0 Å². The molecule has 0 fully saturated rings. The molecule has 1 N–H and O–H groups in total.